The van der Waals surface area contributed by atoms with Crippen molar-refractivity contribution in [3.8, 4) is 0 Å². The molecule has 0 spiro atoms. The van der Waals surface area contributed by atoms with Gasteiger partial charge in [0.15, 0.2) is 6.29 Å². The Bertz CT molecular complexity index is 258. The van der Waals surface area contributed by atoms with Gasteiger partial charge in [0.2, 0.25) is 0 Å². The highest BCUT2D eigenvalue weighted by Crippen LogP contribution is 2.06. The molecule has 0 aliphatic rings. The van der Waals surface area contributed by atoms with Crippen LogP contribution in [-0.2, 0) is 6.42 Å². The summed E-state index contributed by atoms with van der Waals surface area (Å²) in [6.45, 7) is 2.14. The highest BCUT2D eigenvalue weighted by molar-refractivity contribution is 5.73. The monoisotopic (exact) mass is 163 g/mol. The Labute approximate surface area is 72.6 Å². The third kappa shape index (κ3) is 2.16. The first-order valence-corrected chi connectivity index (χ1v) is 4.27. The zero-order valence-electron chi connectivity index (χ0n) is 7.29. The number of unbranched alkanes of at least 4 members (excludes halogenated alkanes) is 1. The van der Waals surface area contributed by atoms with Gasteiger partial charge in [-0.2, -0.15) is 0 Å². The number of rotatable bonds is 4. The zero-order valence-corrected chi connectivity index (χ0v) is 7.29. The largest absolute Gasteiger partial charge is 0.296 e. The maximum Gasteiger partial charge on any atom is 0.168 e. The van der Waals surface area contributed by atoms with Crippen LogP contribution in [0.1, 0.15) is 35.8 Å². The van der Waals surface area contributed by atoms with Crippen LogP contribution in [-0.4, -0.2) is 11.3 Å². The van der Waals surface area contributed by atoms with Crippen molar-refractivity contribution in [3.63, 3.8) is 0 Å². The topological polar surface area (TPSA) is 30.0 Å². The molecule has 0 bridgehead atoms. The van der Waals surface area contributed by atoms with E-state index in [0.717, 1.165) is 31.1 Å². The molecule has 0 aromatic carbocycles. The molecule has 64 valence electrons. The molecule has 0 amide bonds. The minimum atomic E-state index is 0.589. The zero-order chi connectivity index (χ0) is 8.81. The van der Waals surface area contributed by atoms with Gasteiger partial charge in [-0.15, -0.1) is 0 Å². The van der Waals surface area contributed by atoms with Crippen molar-refractivity contribution in [1.82, 2.24) is 4.98 Å². The smallest absolute Gasteiger partial charge is 0.168 e. The van der Waals surface area contributed by atoms with Crippen LogP contribution >= 0.6 is 0 Å². The van der Waals surface area contributed by atoms with Crippen LogP contribution in [0.15, 0.2) is 18.3 Å². The standard InChI is InChI=1S/C10H13NO/c1-2-3-5-9-6-4-7-11-10(9)8-12/h4,6-8H,2-3,5H2,1H3. The van der Waals surface area contributed by atoms with Gasteiger partial charge in [-0.25, -0.2) is 0 Å². The van der Waals surface area contributed by atoms with Gasteiger partial charge in [-0.3, -0.25) is 9.78 Å². The fraction of sp³-hybridized carbons (Fsp3) is 0.400. The Hall–Kier alpha value is -1.18. The Morgan fingerprint density at radius 3 is 3.08 bits per heavy atom. The van der Waals surface area contributed by atoms with Crippen LogP contribution in [0.4, 0.5) is 0 Å². The van der Waals surface area contributed by atoms with Crippen molar-refractivity contribution in [1.29, 1.82) is 0 Å². The van der Waals surface area contributed by atoms with Gasteiger partial charge in [0, 0.05) is 6.20 Å². The first-order chi connectivity index (χ1) is 5.88. The summed E-state index contributed by atoms with van der Waals surface area (Å²) in [6, 6.07) is 3.84. The molecule has 2 nitrogen and oxygen atoms in total. The first-order valence-electron chi connectivity index (χ1n) is 4.27. The van der Waals surface area contributed by atoms with Crippen molar-refractivity contribution < 1.29 is 4.79 Å². The van der Waals surface area contributed by atoms with Crippen LogP contribution in [0.3, 0.4) is 0 Å². The molecule has 1 aromatic rings. The second kappa shape index (κ2) is 4.65. The molecule has 1 heterocycles. The summed E-state index contributed by atoms with van der Waals surface area (Å²) in [6.07, 6.45) is 5.70. The molecule has 0 saturated heterocycles. The molecule has 0 aliphatic carbocycles. The molecule has 0 unspecified atom stereocenters. The lowest BCUT2D eigenvalue weighted by atomic mass is 10.1. The molecule has 1 aromatic heterocycles. The van der Waals surface area contributed by atoms with E-state index in [9.17, 15) is 4.79 Å². The van der Waals surface area contributed by atoms with Gasteiger partial charge >= 0.3 is 0 Å². The molecule has 0 N–H and O–H groups in total. The van der Waals surface area contributed by atoms with Crippen LogP contribution < -0.4 is 0 Å². The van der Waals surface area contributed by atoms with Crippen molar-refractivity contribution in [2.24, 2.45) is 0 Å². The van der Waals surface area contributed by atoms with Crippen LogP contribution in [0.5, 0.6) is 0 Å². The van der Waals surface area contributed by atoms with Gasteiger partial charge in [-0.05, 0) is 24.5 Å². The molecular weight excluding hydrogens is 150 g/mol. The molecule has 1 rings (SSSR count). The lowest BCUT2D eigenvalue weighted by Gasteiger charge is -2.00. The third-order valence-corrected chi connectivity index (χ3v) is 1.84. The maximum atomic E-state index is 10.5. The number of hydrogen-bond donors (Lipinski definition) is 0. The van der Waals surface area contributed by atoms with E-state index in [1.54, 1.807) is 6.20 Å². The minimum absolute atomic E-state index is 0.589. The van der Waals surface area contributed by atoms with Crippen LogP contribution in [0.2, 0.25) is 0 Å². The molecular formula is C10H13NO. The number of aldehydes is 1. The summed E-state index contributed by atoms with van der Waals surface area (Å²) < 4.78 is 0. The number of aromatic nitrogens is 1. The van der Waals surface area contributed by atoms with Gasteiger partial charge in [0.05, 0.1) is 0 Å². The van der Waals surface area contributed by atoms with E-state index in [1.165, 1.54) is 0 Å². The second-order valence-corrected chi connectivity index (χ2v) is 2.77. The van der Waals surface area contributed by atoms with E-state index in [0.29, 0.717) is 5.69 Å². The number of pyridine rings is 1. The van der Waals surface area contributed by atoms with Gasteiger partial charge in [0.1, 0.15) is 5.69 Å². The van der Waals surface area contributed by atoms with E-state index in [1.807, 2.05) is 12.1 Å². The van der Waals surface area contributed by atoms with Crippen LogP contribution in [0.25, 0.3) is 0 Å². The lowest BCUT2D eigenvalue weighted by molar-refractivity contribution is 0.111. The summed E-state index contributed by atoms with van der Waals surface area (Å²) in [5.74, 6) is 0. The predicted octanol–water partition coefficient (Wildman–Crippen LogP) is 2.24. The van der Waals surface area contributed by atoms with Crippen molar-refractivity contribution in [2.75, 3.05) is 0 Å². The number of aryl methyl sites for hydroxylation is 1. The van der Waals surface area contributed by atoms with Gasteiger partial charge in [-0.1, -0.05) is 19.4 Å². The third-order valence-electron chi connectivity index (χ3n) is 1.84. The Morgan fingerprint density at radius 1 is 1.58 bits per heavy atom. The van der Waals surface area contributed by atoms with Crippen molar-refractivity contribution in [3.05, 3.63) is 29.6 Å². The van der Waals surface area contributed by atoms with Crippen molar-refractivity contribution in [2.45, 2.75) is 26.2 Å². The van der Waals surface area contributed by atoms with E-state index in [-0.39, 0.29) is 0 Å². The summed E-state index contributed by atoms with van der Waals surface area (Å²) >= 11 is 0. The predicted molar refractivity (Wildman–Crippen MR) is 48.2 cm³/mol. The average Bonchev–Trinajstić information content (AvgIpc) is 2.15. The minimum Gasteiger partial charge on any atom is -0.296 e. The molecule has 0 saturated carbocycles. The Balaban J connectivity index is 2.75. The molecule has 0 atom stereocenters. The fourth-order valence-corrected chi connectivity index (χ4v) is 1.14. The number of carbonyl (C=O) groups excluding carboxylic acids is 1. The van der Waals surface area contributed by atoms with Crippen molar-refractivity contribution >= 4 is 6.29 Å². The molecule has 12 heavy (non-hydrogen) atoms. The Morgan fingerprint density at radius 2 is 2.42 bits per heavy atom. The molecule has 0 fully saturated rings. The first kappa shape index (κ1) is 8.91. The fourth-order valence-electron chi connectivity index (χ4n) is 1.14. The maximum absolute atomic E-state index is 10.5. The number of nitrogens with zero attached hydrogens (tertiary/aromatic N) is 1. The molecule has 0 radical (unpaired) electrons. The highest BCUT2D eigenvalue weighted by atomic mass is 16.1. The number of hydrogen-bond acceptors (Lipinski definition) is 2. The SMILES string of the molecule is CCCCc1cccnc1C=O. The average molecular weight is 163 g/mol. The quantitative estimate of drug-likeness (QED) is 0.637. The van der Waals surface area contributed by atoms with Gasteiger partial charge < -0.3 is 0 Å². The van der Waals surface area contributed by atoms with E-state index in [2.05, 4.69) is 11.9 Å². The van der Waals surface area contributed by atoms with E-state index < -0.39 is 0 Å². The summed E-state index contributed by atoms with van der Waals surface area (Å²) in [5.41, 5.74) is 1.65. The van der Waals surface area contributed by atoms with E-state index in [4.69, 9.17) is 0 Å². The van der Waals surface area contributed by atoms with E-state index >= 15 is 0 Å². The second-order valence-electron chi connectivity index (χ2n) is 2.77. The summed E-state index contributed by atoms with van der Waals surface area (Å²) in [4.78, 5) is 14.5. The number of carbonyl (C=O) groups is 1. The summed E-state index contributed by atoms with van der Waals surface area (Å²) in [7, 11) is 0. The normalized spacial score (nSPS) is 9.75. The lowest BCUT2D eigenvalue weighted by Crippen LogP contribution is -1.95. The highest BCUT2D eigenvalue weighted by Gasteiger charge is 1.99. The van der Waals surface area contributed by atoms with Gasteiger partial charge in [0.25, 0.3) is 0 Å². The molecule has 0 aliphatic heterocycles. The molecule has 2 heteroatoms. The Kier molecular flexibility index (Phi) is 3.45. The van der Waals surface area contributed by atoms with Crippen LogP contribution in [0, 0.1) is 0 Å². The summed E-state index contributed by atoms with van der Waals surface area (Å²) in [5, 5.41) is 0.